The summed E-state index contributed by atoms with van der Waals surface area (Å²) < 4.78 is 32.6. The van der Waals surface area contributed by atoms with Gasteiger partial charge in [0.05, 0.1) is 59.5 Å². The van der Waals surface area contributed by atoms with Gasteiger partial charge in [-0.2, -0.15) is 0 Å². The quantitative estimate of drug-likeness (QED) is 0.150. The molecule has 0 aliphatic heterocycles. The van der Waals surface area contributed by atoms with Gasteiger partial charge in [0.15, 0.2) is 0 Å². The van der Waals surface area contributed by atoms with Crippen molar-refractivity contribution in [2.24, 2.45) is 0 Å². The Bertz CT molecular complexity index is 295. The van der Waals surface area contributed by atoms with E-state index in [1.807, 2.05) is 20.8 Å². The molecular weight excluding hydrogens is 431 g/mol. The maximum atomic E-state index is 11.4. The first-order valence-corrected chi connectivity index (χ1v) is 9.65. The topological polar surface area (TPSA) is 72.5 Å². The van der Waals surface area contributed by atoms with Crippen molar-refractivity contribution in [2.75, 3.05) is 70.5 Å². The van der Waals surface area contributed by atoms with Crippen LogP contribution in [0.2, 0.25) is 0 Å². The number of alkyl halides is 1. The van der Waals surface area contributed by atoms with E-state index in [1.54, 1.807) is 0 Å². The lowest BCUT2D eigenvalue weighted by Crippen LogP contribution is -2.27. The van der Waals surface area contributed by atoms with Crippen LogP contribution in [-0.4, -0.2) is 82.1 Å². The van der Waals surface area contributed by atoms with Gasteiger partial charge in [0.25, 0.3) is 0 Å². The SMILES string of the molecule is CC(C)(C)OC(=O)COCCOCCOCCOCCOCCI. The molecule has 0 unspecified atom stereocenters. The maximum Gasteiger partial charge on any atom is 0.332 e. The van der Waals surface area contributed by atoms with Gasteiger partial charge in [0, 0.05) is 4.43 Å². The normalized spacial score (nSPS) is 11.7. The molecule has 0 aromatic heterocycles. The second-order valence-corrected chi connectivity index (χ2v) is 6.86. The third-order valence-corrected chi connectivity index (χ3v) is 2.79. The Morgan fingerprint density at radius 2 is 1.08 bits per heavy atom. The molecular formula is C16H31IO7. The van der Waals surface area contributed by atoms with Gasteiger partial charge in [-0.15, -0.1) is 0 Å². The monoisotopic (exact) mass is 462 g/mol. The molecule has 144 valence electrons. The van der Waals surface area contributed by atoms with Gasteiger partial charge in [0.2, 0.25) is 0 Å². The zero-order chi connectivity index (χ0) is 18.1. The summed E-state index contributed by atoms with van der Waals surface area (Å²) >= 11 is 2.27. The summed E-state index contributed by atoms with van der Waals surface area (Å²) in [5.74, 6) is -0.370. The van der Waals surface area contributed by atoms with E-state index in [-0.39, 0.29) is 12.6 Å². The van der Waals surface area contributed by atoms with Crippen LogP contribution in [0.3, 0.4) is 0 Å². The molecule has 0 saturated heterocycles. The van der Waals surface area contributed by atoms with Crippen LogP contribution in [0.4, 0.5) is 0 Å². The van der Waals surface area contributed by atoms with Crippen molar-refractivity contribution in [1.29, 1.82) is 0 Å². The minimum Gasteiger partial charge on any atom is -0.458 e. The molecule has 0 aromatic carbocycles. The lowest BCUT2D eigenvalue weighted by atomic mass is 10.2. The van der Waals surface area contributed by atoms with E-state index in [1.165, 1.54) is 0 Å². The predicted molar refractivity (Wildman–Crippen MR) is 98.8 cm³/mol. The largest absolute Gasteiger partial charge is 0.458 e. The molecule has 0 aliphatic rings. The molecule has 0 radical (unpaired) electrons. The van der Waals surface area contributed by atoms with Crippen molar-refractivity contribution in [3.8, 4) is 0 Å². The number of rotatable bonds is 16. The first-order chi connectivity index (χ1) is 11.5. The van der Waals surface area contributed by atoms with Crippen molar-refractivity contribution in [3.63, 3.8) is 0 Å². The highest BCUT2D eigenvalue weighted by atomic mass is 127. The molecule has 0 aliphatic carbocycles. The van der Waals surface area contributed by atoms with Crippen molar-refractivity contribution in [3.05, 3.63) is 0 Å². The fourth-order valence-electron chi connectivity index (χ4n) is 1.46. The average molecular weight is 462 g/mol. The van der Waals surface area contributed by atoms with Crippen LogP contribution in [0, 0.1) is 0 Å². The highest BCUT2D eigenvalue weighted by Gasteiger charge is 2.15. The number of hydrogen-bond donors (Lipinski definition) is 0. The molecule has 0 fully saturated rings. The predicted octanol–water partition coefficient (Wildman–Crippen LogP) is 1.85. The third-order valence-electron chi connectivity index (χ3n) is 2.35. The number of carbonyl (C=O) groups is 1. The number of carbonyl (C=O) groups excluding carboxylic acids is 1. The first-order valence-electron chi connectivity index (χ1n) is 8.12. The minimum atomic E-state index is -0.486. The summed E-state index contributed by atoms with van der Waals surface area (Å²) in [5, 5.41) is 0. The molecule has 0 saturated carbocycles. The lowest BCUT2D eigenvalue weighted by Gasteiger charge is -2.19. The Labute approximate surface area is 158 Å². The van der Waals surface area contributed by atoms with Gasteiger partial charge in [-0.05, 0) is 20.8 Å². The molecule has 0 atom stereocenters. The molecule has 0 amide bonds. The Morgan fingerprint density at radius 3 is 1.46 bits per heavy atom. The van der Waals surface area contributed by atoms with Crippen molar-refractivity contribution >= 4 is 28.6 Å². The fraction of sp³-hybridized carbons (Fsp3) is 0.938. The second kappa shape index (κ2) is 16.5. The summed E-state index contributed by atoms with van der Waals surface area (Å²) in [4.78, 5) is 11.4. The minimum absolute atomic E-state index is 0.0595. The van der Waals surface area contributed by atoms with Gasteiger partial charge < -0.3 is 28.4 Å². The van der Waals surface area contributed by atoms with Crippen LogP contribution in [0.5, 0.6) is 0 Å². The van der Waals surface area contributed by atoms with Gasteiger partial charge in [-0.1, -0.05) is 22.6 Å². The molecule has 0 bridgehead atoms. The van der Waals surface area contributed by atoms with E-state index in [9.17, 15) is 4.79 Å². The van der Waals surface area contributed by atoms with Gasteiger partial charge >= 0.3 is 5.97 Å². The van der Waals surface area contributed by atoms with Crippen LogP contribution in [-0.2, 0) is 33.2 Å². The Kier molecular flexibility index (Phi) is 16.5. The molecule has 24 heavy (non-hydrogen) atoms. The summed E-state index contributed by atoms with van der Waals surface area (Å²) in [5.41, 5.74) is -0.486. The summed E-state index contributed by atoms with van der Waals surface area (Å²) in [6.45, 7) is 10.2. The van der Waals surface area contributed by atoms with E-state index in [2.05, 4.69) is 22.6 Å². The molecule has 7 nitrogen and oxygen atoms in total. The van der Waals surface area contributed by atoms with Gasteiger partial charge in [-0.25, -0.2) is 4.79 Å². The smallest absolute Gasteiger partial charge is 0.332 e. The molecule has 0 spiro atoms. The molecule has 0 heterocycles. The van der Waals surface area contributed by atoms with E-state index < -0.39 is 5.60 Å². The van der Waals surface area contributed by atoms with E-state index in [0.29, 0.717) is 52.9 Å². The van der Waals surface area contributed by atoms with Crippen molar-refractivity contribution in [1.82, 2.24) is 0 Å². The third kappa shape index (κ3) is 20.0. The van der Waals surface area contributed by atoms with Crippen LogP contribution < -0.4 is 0 Å². The Hall–Kier alpha value is -0.000000000000000222. The first kappa shape index (κ1) is 24.0. The maximum absolute atomic E-state index is 11.4. The number of esters is 1. The zero-order valence-electron chi connectivity index (χ0n) is 15.0. The van der Waals surface area contributed by atoms with E-state index in [4.69, 9.17) is 28.4 Å². The van der Waals surface area contributed by atoms with Crippen LogP contribution >= 0.6 is 22.6 Å². The van der Waals surface area contributed by atoms with Gasteiger partial charge in [0.1, 0.15) is 12.2 Å². The fourth-order valence-corrected chi connectivity index (χ4v) is 1.77. The molecule has 0 rings (SSSR count). The van der Waals surface area contributed by atoms with Gasteiger partial charge in [-0.3, -0.25) is 0 Å². The molecule has 8 heteroatoms. The average Bonchev–Trinajstić information content (AvgIpc) is 2.49. The van der Waals surface area contributed by atoms with Crippen LogP contribution in [0.15, 0.2) is 0 Å². The van der Waals surface area contributed by atoms with E-state index >= 15 is 0 Å². The molecule has 0 aromatic rings. The van der Waals surface area contributed by atoms with Crippen molar-refractivity contribution < 1.29 is 33.2 Å². The highest BCUT2D eigenvalue weighted by Crippen LogP contribution is 2.06. The van der Waals surface area contributed by atoms with E-state index in [0.717, 1.165) is 11.0 Å². The molecule has 0 N–H and O–H groups in total. The standard InChI is InChI=1S/C16H31IO7/c1-16(2,3)24-15(18)14-23-13-12-22-11-10-21-9-8-20-7-6-19-5-4-17/h4-14H2,1-3H3. The number of hydrogen-bond acceptors (Lipinski definition) is 7. The Balaban J connectivity index is 3.14. The second-order valence-electron chi connectivity index (χ2n) is 5.78. The summed E-state index contributed by atoms with van der Waals surface area (Å²) in [6.07, 6.45) is 0. The number of halogens is 1. The van der Waals surface area contributed by atoms with Crippen LogP contribution in [0.1, 0.15) is 20.8 Å². The zero-order valence-corrected chi connectivity index (χ0v) is 17.2. The van der Waals surface area contributed by atoms with Crippen LogP contribution in [0.25, 0.3) is 0 Å². The highest BCUT2D eigenvalue weighted by molar-refractivity contribution is 14.1. The number of ether oxygens (including phenoxy) is 6. The Morgan fingerprint density at radius 1 is 0.708 bits per heavy atom. The summed E-state index contributed by atoms with van der Waals surface area (Å²) in [7, 11) is 0. The van der Waals surface area contributed by atoms with Crippen molar-refractivity contribution in [2.45, 2.75) is 26.4 Å². The lowest BCUT2D eigenvalue weighted by molar-refractivity contribution is -0.160. The summed E-state index contributed by atoms with van der Waals surface area (Å²) in [6, 6.07) is 0.